The quantitative estimate of drug-likeness (QED) is 0.634. The fourth-order valence-corrected chi connectivity index (χ4v) is 2.46. The number of nitrogens with zero attached hydrogens (tertiary/aromatic N) is 3. The Bertz CT molecular complexity index is 524. The van der Waals surface area contributed by atoms with Crippen LogP contribution in [-0.4, -0.2) is 37.4 Å². The van der Waals surface area contributed by atoms with Gasteiger partial charge in [0.15, 0.2) is 0 Å². The summed E-state index contributed by atoms with van der Waals surface area (Å²) in [6.45, 7) is 3.63. The molecule has 1 aliphatic carbocycles. The van der Waals surface area contributed by atoms with Crippen molar-refractivity contribution in [3.8, 4) is 0 Å². The predicted molar refractivity (Wildman–Crippen MR) is 80.7 cm³/mol. The zero-order chi connectivity index (χ0) is 13.8. The fourth-order valence-electron chi connectivity index (χ4n) is 2.46. The summed E-state index contributed by atoms with van der Waals surface area (Å²) in [5.41, 5.74) is 9.03. The average Bonchev–Trinajstić information content (AvgIpc) is 2.90. The summed E-state index contributed by atoms with van der Waals surface area (Å²) in [4.78, 5) is 4.01. The number of nitrogens with one attached hydrogen (secondary N) is 1. The molecule has 0 aliphatic heterocycles. The van der Waals surface area contributed by atoms with Crippen LogP contribution in [0.25, 0.3) is 5.57 Å². The van der Waals surface area contributed by atoms with E-state index >= 15 is 0 Å². The lowest BCUT2D eigenvalue weighted by atomic mass is 9.93. The van der Waals surface area contributed by atoms with Crippen molar-refractivity contribution in [2.24, 2.45) is 15.8 Å². The Morgan fingerprint density at radius 3 is 2.84 bits per heavy atom. The molecule has 0 radical (unpaired) electrons. The molecule has 1 atom stereocenters. The van der Waals surface area contributed by atoms with E-state index in [1.54, 1.807) is 11.7 Å². The minimum atomic E-state index is 0.475. The topological polar surface area (TPSA) is 67.7 Å². The largest absolute Gasteiger partial charge is 0.382 e. The van der Waals surface area contributed by atoms with Gasteiger partial charge in [0.1, 0.15) is 11.5 Å². The maximum atomic E-state index is 5.87. The van der Waals surface area contributed by atoms with Gasteiger partial charge in [0.05, 0.1) is 5.69 Å². The van der Waals surface area contributed by atoms with Crippen LogP contribution < -0.4 is 11.1 Å². The minimum absolute atomic E-state index is 0.475. The van der Waals surface area contributed by atoms with Gasteiger partial charge in [-0.15, -0.1) is 0 Å². The van der Waals surface area contributed by atoms with E-state index in [9.17, 15) is 0 Å². The van der Waals surface area contributed by atoms with Gasteiger partial charge in [-0.3, -0.25) is 4.99 Å². The van der Waals surface area contributed by atoms with Gasteiger partial charge in [0, 0.05) is 19.8 Å². The molecule has 1 aromatic rings. The summed E-state index contributed by atoms with van der Waals surface area (Å²) in [7, 11) is 3.68. The van der Waals surface area contributed by atoms with Crippen LogP contribution in [0.2, 0.25) is 0 Å². The zero-order valence-corrected chi connectivity index (χ0v) is 11.6. The number of aliphatic imine (C=N–C) groups is 1. The van der Waals surface area contributed by atoms with Crippen LogP contribution in [-0.2, 0) is 0 Å². The molecule has 0 spiro atoms. The maximum Gasteiger partial charge on any atom is 0.144 e. The van der Waals surface area contributed by atoms with Crippen molar-refractivity contribution in [3.63, 3.8) is 0 Å². The van der Waals surface area contributed by atoms with Crippen molar-refractivity contribution in [1.29, 1.82) is 0 Å². The molecule has 0 saturated heterocycles. The third kappa shape index (κ3) is 2.61. The Morgan fingerprint density at radius 1 is 1.53 bits per heavy atom. The molecule has 1 aliphatic rings. The van der Waals surface area contributed by atoms with E-state index in [4.69, 9.17) is 5.73 Å². The van der Waals surface area contributed by atoms with Crippen LogP contribution >= 0.6 is 0 Å². The van der Waals surface area contributed by atoms with Crippen LogP contribution in [0.4, 0.5) is 0 Å². The molecule has 1 unspecified atom stereocenters. The number of allylic oxidation sites excluding steroid dienone is 1. The predicted octanol–water partition coefficient (Wildman–Crippen LogP) is 1.44. The van der Waals surface area contributed by atoms with Gasteiger partial charge in [-0.2, -0.15) is 5.10 Å². The standard InChI is InChI=1S/C14H21N5/c1-16-11-6-4-10(5-7-11)12-8-9-13(14(15)17-2)19(12)18-3/h4,8-9,11,16H,3,5-7H2,1-2H3,(H2,15,17). The van der Waals surface area contributed by atoms with Crippen LogP contribution in [0.5, 0.6) is 0 Å². The molecule has 19 heavy (non-hydrogen) atoms. The van der Waals surface area contributed by atoms with Crippen molar-refractivity contribution in [3.05, 3.63) is 29.6 Å². The summed E-state index contributed by atoms with van der Waals surface area (Å²) in [6.07, 6.45) is 5.48. The molecule has 2 rings (SSSR count). The molecular weight excluding hydrogens is 238 g/mol. The monoisotopic (exact) mass is 259 g/mol. The van der Waals surface area contributed by atoms with Gasteiger partial charge >= 0.3 is 0 Å². The number of hydrogen-bond donors (Lipinski definition) is 2. The van der Waals surface area contributed by atoms with Gasteiger partial charge in [-0.25, -0.2) is 4.68 Å². The smallest absolute Gasteiger partial charge is 0.144 e. The Morgan fingerprint density at radius 2 is 2.32 bits per heavy atom. The summed E-state index contributed by atoms with van der Waals surface area (Å²) in [5, 5.41) is 7.37. The van der Waals surface area contributed by atoms with Gasteiger partial charge in [0.25, 0.3) is 0 Å². The normalized spacial score (nSPS) is 20.2. The lowest BCUT2D eigenvalue weighted by Gasteiger charge is -2.21. The molecule has 5 nitrogen and oxygen atoms in total. The van der Waals surface area contributed by atoms with Crippen molar-refractivity contribution in [1.82, 2.24) is 9.99 Å². The highest BCUT2D eigenvalue weighted by Crippen LogP contribution is 2.28. The zero-order valence-electron chi connectivity index (χ0n) is 11.6. The fraction of sp³-hybridized carbons (Fsp3) is 0.429. The molecule has 0 saturated carbocycles. The molecule has 1 aromatic heterocycles. The number of hydrogen-bond acceptors (Lipinski definition) is 3. The first-order chi connectivity index (χ1) is 9.21. The lowest BCUT2D eigenvalue weighted by molar-refractivity contribution is 0.521. The second kappa shape index (κ2) is 5.84. The lowest BCUT2D eigenvalue weighted by Crippen LogP contribution is -2.26. The molecule has 0 amide bonds. The second-order valence-electron chi connectivity index (χ2n) is 4.66. The average molecular weight is 259 g/mol. The molecule has 0 bridgehead atoms. The first-order valence-corrected chi connectivity index (χ1v) is 6.49. The molecule has 102 valence electrons. The van der Waals surface area contributed by atoms with E-state index in [1.165, 1.54) is 5.57 Å². The summed E-state index contributed by atoms with van der Waals surface area (Å²) >= 11 is 0. The third-order valence-electron chi connectivity index (χ3n) is 3.65. The van der Waals surface area contributed by atoms with Gasteiger partial charge in [-0.1, -0.05) is 6.08 Å². The minimum Gasteiger partial charge on any atom is -0.382 e. The van der Waals surface area contributed by atoms with Crippen LogP contribution in [0.15, 0.2) is 28.3 Å². The number of aromatic nitrogens is 1. The van der Waals surface area contributed by atoms with E-state index in [0.29, 0.717) is 11.9 Å². The van der Waals surface area contributed by atoms with Crippen molar-refractivity contribution in [2.45, 2.75) is 25.3 Å². The van der Waals surface area contributed by atoms with Crippen LogP contribution in [0.3, 0.4) is 0 Å². The van der Waals surface area contributed by atoms with E-state index in [0.717, 1.165) is 30.7 Å². The molecule has 5 heteroatoms. The first kappa shape index (κ1) is 13.5. The molecule has 1 heterocycles. The van der Waals surface area contributed by atoms with Crippen molar-refractivity contribution >= 4 is 18.1 Å². The highest BCUT2D eigenvalue weighted by atomic mass is 15.4. The Labute approximate surface area is 113 Å². The van der Waals surface area contributed by atoms with E-state index in [1.807, 2.05) is 19.2 Å². The van der Waals surface area contributed by atoms with Crippen LogP contribution in [0, 0.1) is 0 Å². The Kier molecular flexibility index (Phi) is 4.16. The van der Waals surface area contributed by atoms with Crippen LogP contribution in [0.1, 0.15) is 30.7 Å². The molecular formula is C14H21N5. The molecule has 0 fully saturated rings. The highest BCUT2D eigenvalue weighted by Gasteiger charge is 2.18. The Balaban J connectivity index is 2.34. The SMILES string of the molecule is C=Nn1c(C2=CCC(NC)CC2)ccc1C(N)=NC. The Hall–Kier alpha value is -1.88. The number of nitrogens with two attached hydrogens (primary N) is 1. The maximum absolute atomic E-state index is 5.87. The van der Waals surface area contributed by atoms with Crippen molar-refractivity contribution in [2.75, 3.05) is 14.1 Å². The van der Waals surface area contributed by atoms with Crippen molar-refractivity contribution < 1.29 is 0 Å². The summed E-state index contributed by atoms with van der Waals surface area (Å²) in [5.74, 6) is 0.475. The number of rotatable bonds is 4. The van der Waals surface area contributed by atoms with E-state index < -0.39 is 0 Å². The molecule has 3 N–H and O–H groups in total. The van der Waals surface area contributed by atoms with E-state index in [-0.39, 0.29) is 0 Å². The van der Waals surface area contributed by atoms with E-state index in [2.05, 4.69) is 28.2 Å². The van der Waals surface area contributed by atoms with Gasteiger partial charge < -0.3 is 11.1 Å². The third-order valence-corrected chi connectivity index (χ3v) is 3.65. The molecule has 0 aromatic carbocycles. The highest BCUT2D eigenvalue weighted by molar-refractivity contribution is 5.96. The second-order valence-corrected chi connectivity index (χ2v) is 4.66. The van der Waals surface area contributed by atoms with Gasteiger partial charge in [-0.05, 0) is 44.0 Å². The summed E-state index contributed by atoms with van der Waals surface area (Å²) in [6, 6.07) is 4.55. The first-order valence-electron chi connectivity index (χ1n) is 6.49. The summed E-state index contributed by atoms with van der Waals surface area (Å²) < 4.78 is 1.77. The number of amidine groups is 1. The van der Waals surface area contributed by atoms with Gasteiger partial charge in [0.2, 0.25) is 0 Å².